The predicted octanol–water partition coefficient (Wildman–Crippen LogP) is 4.11. The number of hydrogen-bond acceptors (Lipinski definition) is 3. The molecule has 106 valence electrons. The van der Waals surface area contributed by atoms with E-state index in [9.17, 15) is 0 Å². The molecule has 4 aromatic rings. The van der Waals surface area contributed by atoms with Crippen molar-refractivity contribution < 1.29 is 0 Å². The van der Waals surface area contributed by atoms with Crippen molar-refractivity contribution in [2.75, 3.05) is 0 Å². The number of halogens is 1. The summed E-state index contributed by atoms with van der Waals surface area (Å²) in [6.45, 7) is 0. The van der Waals surface area contributed by atoms with Crippen LogP contribution in [0.4, 0.5) is 0 Å². The molecule has 0 aliphatic heterocycles. The zero-order valence-electron chi connectivity index (χ0n) is 11.5. The first-order chi connectivity index (χ1) is 10.8. The van der Waals surface area contributed by atoms with Gasteiger partial charge in [0.1, 0.15) is 10.8 Å². The second-order valence-corrected chi connectivity index (χ2v) is 5.23. The number of rotatable bonds is 2. The van der Waals surface area contributed by atoms with Crippen LogP contribution in [0.5, 0.6) is 0 Å². The van der Waals surface area contributed by atoms with E-state index in [1.165, 1.54) is 0 Å². The smallest absolute Gasteiger partial charge is 0.158 e. The van der Waals surface area contributed by atoms with Crippen LogP contribution in [0.25, 0.3) is 28.3 Å². The average Bonchev–Trinajstić information content (AvgIpc) is 3.01. The van der Waals surface area contributed by atoms with Gasteiger partial charge in [0.15, 0.2) is 5.65 Å². The van der Waals surface area contributed by atoms with Gasteiger partial charge >= 0.3 is 0 Å². The Labute approximate surface area is 132 Å². The third kappa shape index (κ3) is 2.23. The SMILES string of the molecule is Clc1cc(-c2ccccc2)nc2cc(-c3ccccn3)nn12. The molecular formula is C17H11ClN4. The lowest BCUT2D eigenvalue weighted by atomic mass is 10.1. The molecule has 4 nitrogen and oxygen atoms in total. The van der Waals surface area contributed by atoms with Crippen molar-refractivity contribution in [1.82, 2.24) is 19.6 Å². The Morgan fingerprint density at radius 2 is 1.64 bits per heavy atom. The van der Waals surface area contributed by atoms with Gasteiger partial charge < -0.3 is 0 Å². The molecule has 1 aromatic carbocycles. The summed E-state index contributed by atoms with van der Waals surface area (Å²) in [7, 11) is 0. The van der Waals surface area contributed by atoms with Gasteiger partial charge in [-0.15, -0.1) is 0 Å². The van der Waals surface area contributed by atoms with Crippen molar-refractivity contribution in [3.05, 3.63) is 72.0 Å². The van der Waals surface area contributed by atoms with E-state index in [1.807, 2.05) is 60.7 Å². The molecule has 3 heterocycles. The Hall–Kier alpha value is -2.72. The first-order valence-electron chi connectivity index (χ1n) is 6.84. The van der Waals surface area contributed by atoms with Gasteiger partial charge in [-0.2, -0.15) is 5.10 Å². The van der Waals surface area contributed by atoms with E-state index in [0.717, 1.165) is 22.6 Å². The number of pyridine rings is 1. The Bertz CT molecular complexity index is 933. The van der Waals surface area contributed by atoms with Crippen LogP contribution in [-0.4, -0.2) is 19.6 Å². The van der Waals surface area contributed by atoms with Crippen LogP contribution in [0.1, 0.15) is 0 Å². The molecule has 22 heavy (non-hydrogen) atoms. The Kier molecular flexibility index (Phi) is 3.09. The summed E-state index contributed by atoms with van der Waals surface area (Å²) in [5.74, 6) is 0. The van der Waals surface area contributed by atoms with Crippen LogP contribution in [0.3, 0.4) is 0 Å². The molecule has 0 fully saturated rings. The summed E-state index contributed by atoms with van der Waals surface area (Å²) in [5, 5.41) is 5.00. The molecule has 0 amide bonds. The van der Waals surface area contributed by atoms with Crippen molar-refractivity contribution in [2.24, 2.45) is 0 Å². The third-order valence-electron chi connectivity index (χ3n) is 3.38. The quantitative estimate of drug-likeness (QED) is 0.523. The van der Waals surface area contributed by atoms with Crippen molar-refractivity contribution in [3.8, 4) is 22.6 Å². The topological polar surface area (TPSA) is 43.1 Å². The van der Waals surface area contributed by atoms with Crippen LogP contribution >= 0.6 is 11.6 Å². The van der Waals surface area contributed by atoms with Gasteiger partial charge in [0.05, 0.1) is 11.4 Å². The lowest BCUT2D eigenvalue weighted by Crippen LogP contribution is -1.94. The van der Waals surface area contributed by atoms with Gasteiger partial charge in [0, 0.05) is 23.9 Å². The van der Waals surface area contributed by atoms with Crippen molar-refractivity contribution >= 4 is 17.2 Å². The highest BCUT2D eigenvalue weighted by Gasteiger charge is 2.11. The molecule has 0 saturated carbocycles. The van der Waals surface area contributed by atoms with Crippen LogP contribution in [0.15, 0.2) is 66.9 Å². The predicted molar refractivity (Wildman–Crippen MR) is 86.7 cm³/mol. The maximum Gasteiger partial charge on any atom is 0.158 e. The fourth-order valence-electron chi connectivity index (χ4n) is 2.33. The Balaban J connectivity index is 1.88. The Morgan fingerprint density at radius 1 is 0.818 bits per heavy atom. The molecule has 0 N–H and O–H groups in total. The lowest BCUT2D eigenvalue weighted by Gasteiger charge is -2.03. The second kappa shape index (κ2) is 5.24. The van der Waals surface area contributed by atoms with Gasteiger partial charge in [0.25, 0.3) is 0 Å². The Morgan fingerprint density at radius 3 is 2.41 bits per heavy atom. The fraction of sp³-hybridized carbons (Fsp3) is 0. The summed E-state index contributed by atoms with van der Waals surface area (Å²) < 4.78 is 1.62. The summed E-state index contributed by atoms with van der Waals surface area (Å²) in [5.41, 5.74) is 4.09. The second-order valence-electron chi connectivity index (χ2n) is 4.84. The van der Waals surface area contributed by atoms with Gasteiger partial charge in [-0.05, 0) is 12.1 Å². The molecule has 0 bridgehead atoms. The molecule has 0 saturated heterocycles. The summed E-state index contributed by atoms with van der Waals surface area (Å²) in [6, 6.07) is 19.4. The van der Waals surface area contributed by atoms with E-state index < -0.39 is 0 Å². The minimum Gasteiger partial charge on any atom is -0.255 e. The highest BCUT2D eigenvalue weighted by molar-refractivity contribution is 6.30. The third-order valence-corrected chi connectivity index (χ3v) is 3.65. The zero-order valence-corrected chi connectivity index (χ0v) is 12.3. The number of hydrogen-bond donors (Lipinski definition) is 0. The van der Waals surface area contributed by atoms with Gasteiger partial charge in [-0.1, -0.05) is 48.0 Å². The molecule has 3 aromatic heterocycles. The molecule has 0 atom stereocenters. The largest absolute Gasteiger partial charge is 0.255 e. The summed E-state index contributed by atoms with van der Waals surface area (Å²) >= 11 is 6.35. The van der Waals surface area contributed by atoms with Crippen molar-refractivity contribution in [2.45, 2.75) is 0 Å². The van der Waals surface area contributed by atoms with E-state index in [2.05, 4.69) is 15.1 Å². The molecule has 0 aliphatic carbocycles. The van der Waals surface area contributed by atoms with E-state index in [0.29, 0.717) is 10.8 Å². The number of benzene rings is 1. The molecule has 0 unspecified atom stereocenters. The minimum absolute atomic E-state index is 0.519. The van der Waals surface area contributed by atoms with Crippen molar-refractivity contribution in [1.29, 1.82) is 0 Å². The minimum atomic E-state index is 0.519. The molecular weight excluding hydrogens is 296 g/mol. The standard InChI is InChI=1S/C17H11ClN4/c18-16-10-14(12-6-2-1-3-7-12)20-17-11-15(21-22(16)17)13-8-4-5-9-19-13/h1-11H. The van der Waals surface area contributed by atoms with E-state index >= 15 is 0 Å². The molecule has 4 rings (SSSR count). The molecule has 0 spiro atoms. The first kappa shape index (κ1) is 13.0. The number of fused-ring (bicyclic) bond motifs is 1. The molecule has 0 aliphatic rings. The highest BCUT2D eigenvalue weighted by Crippen LogP contribution is 2.24. The lowest BCUT2D eigenvalue weighted by molar-refractivity contribution is 0.943. The molecule has 0 radical (unpaired) electrons. The number of aromatic nitrogens is 4. The normalized spacial score (nSPS) is 11.0. The first-order valence-corrected chi connectivity index (χ1v) is 7.22. The monoisotopic (exact) mass is 306 g/mol. The van der Waals surface area contributed by atoms with Gasteiger partial charge in [0.2, 0.25) is 0 Å². The van der Waals surface area contributed by atoms with E-state index in [4.69, 9.17) is 11.6 Å². The molecule has 5 heteroatoms. The van der Waals surface area contributed by atoms with Crippen molar-refractivity contribution in [3.63, 3.8) is 0 Å². The summed E-state index contributed by atoms with van der Waals surface area (Å²) in [4.78, 5) is 8.95. The van der Waals surface area contributed by atoms with Crippen LogP contribution in [0.2, 0.25) is 5.15 Å². The van der Waals surface area contributed by atoms with E-state index in [-0.39, 0.29) is 0 Å². The van der Waals surface area contributed by atoms with Gasteiger partial charge in [-0.3, -0.25) is 4.98 Å². The van der Waals surface area contributed by atoms with Gasteiger partial charge in [-0.25, -0.2) is 9.50 Å². The van der Waals surface area contributed by atoms with Crippen LogP contribution in [0, 0.1) is 0 Å². The highest BCUT2D eigenvalue weighted by atomic mass is 35.5. The average molecular weight is 307 g/mol. The van der Waals surface area contributed by atoms with Crippen LogP contribution < -0.4 is 0 Å². The maximum atomic E-state index is 6.35. The summed E-state index contributed by atoms with van der Waals surface area (Å²) in [6.07, 6.45) is 1.74. The zero-order chi connectivity index (χ0) is 14.9. The van der Waals surface area contributed by atoms with Crippen LogP contribution in [-0.2, 0) is 0 Å². The fourth-order valence-corrected chi connectivity index (χ4v) is 2.56. The van der Waals surface area contributed by atoms with E-state index in [1.54, 1.807) is 10.7 Å². The maximum absolute atomic E-state index is 6.35. The number of nitrogens with zero attached hydrogens (tertiary/aromatic N) is 4.